The average Bonchev–Trinajstić information content (AvgIpc) is 3.33. The summed E-state index contributed by atoms with van der Waals surface area (Å²) in [6, 6.07) is 10.8. The van der Waals surface area contributed by atoms with Crippen LogP contribution < -0.4 is 0 Å². The lowest BCUT2D eigenvalue weighted by molar-refractivity contribution is -0.0155. The summed E-state index contributed by atoms with van der Waals surface area (Å²) >= 11 is 0. The van der Waals surface area contributed by atoms with Crippen molar-refractivity contribution in [3.8, 4) is 17.1 Å². The number of benzene rings is 1. The minimum absolute atomic E-state index is 0.180. The van der Waals surface area contributed by atoms with Crippen molar-refractivity contribution in [1.29, 1.82) is 0 Å². The predicted octanol–water partition coefficient (Wildman–Crippen LogP) is 6.97. The Bertz CT molecular complexity index is 1290. The summed E-state index contributed by atoms with van der Waals surface area (Å²) in [5, 5.41) is 4.57. The Morgan fingerprint density at radius 1 is 0.658 bits per heavy atom. The molecule has 0 unspecified atom stereocenters. The SMILES string of the molecule is Cc1ccnn1-c1cccc(-c2nc(C34CC5CC(CC(C5)C3)C4)nc(C34CC5CC(CC(C5)C3)C4)n2)c1. The molecule has 11 rings (SSSR count). The van der Waals surface area contributed by atoms with Crippen LogP contribution in [0.5, 0.6) is 0 Å². The molecule has 5 nitrogen and oxygen atoms in total. The second kappa shape index (κ2) is 7.76. The topological polar surface area (TPSA) is 56.5 Å². The lowest BCUT2D eigenvalue weighted by atomic mass is 9.49. The quantitative estimate of drug-likeness (QED) is 0.384. The van der Waals surface area contributed by atoms with Gasteiger partial charge in [0.1, 0.15) is 11.6 Å². The van der Waals surface area contributed by atoms with E-state index in [1.54, 1.807) is 0 Å². The first-order chi connectivity index (χ1) is 18.5. The Hall–Kier alpha value is -2.56. The summed E-state index contributed by atoms with van der Waals surface area (Å²) in [4.78, 5) is 16.4. The van der Waals surface area contributed by atoms with Crippen molar-refractivity contribution in [2.75, 3.05) is 0 Å². The number of aromatic nitrogens is 5. The van der Waals surface area contributed by atoms with Gasteiger partial charge < -0.3 is 0 Å². The van der Waals surface area contributed by atoms with E-state index < -0.39 is 0 Å². The van der Waals surface area contributed by atoms with Crippen LogP contribution in [0.1, 0.15) is 94.4 Å². The molecule has 38 heavy (non-hydrogen) atoms. The van der Waals surface area contributed by atoms with Gasteiger partial charge in [0.2, 0.25) is 0 Å². The van der Waals surface area contributed by atoms with E-state index in [9.17, 15) is 0 Å². The van der Waals surface area contributed by atoms with Crippen LogP contribution in [0, 0.1) is 42.4 Å². The molecule has 2 aromatic heterocycles. The lowest BCUT2D eigenvalue weighted by Gasteiger charge is -2.57. The maximum atomic E-state index is 5.59. The maximum Gasteiger partial charge on any atom is 0.163 e. The number of rotatable bonds is 4. The molecule has 8 bridgehead atoms. The smallest absolute Gasteiger partial charge is 0.163 e. The summed E-state index contributed by atoms with van der Waals surface area (Å²) in [5.41, 5.74) is 3.69. The van der Waals surface area contributed by atoms with Gasteiger partial charge in [-0.25, -0.2) is 19.6 Å². The molecule has 2 heterocycles. The fourth-order valence-electron chi connectivity index (χ4n) is 11.2. The number of nitrogens with zero attached hydrogens (tertiary/aromatic N) is 5. The van der Waals surface area contributed by atoms with E-state index >= 15 is 0 Å². The zero-order chi connectivity index (χ0) is 25.1. The molecule has 0 atom stereocenters. The minimum Gasteiger partial charge on any atom is -0.238 e. The first kappa shape index (κ1) is 22.3. The molecule has 8 saturated carbocycles. The van der Waals surface area contributed by atoms with Gasteiger partial charge in [-0.2, -0.15) is 5.10 Å². The van der Waals surface area contributed by atoms with Crippen LogP contribution in [0.4, 0.5) is 0 Å². The molecular weight excluding hydrogens is 466 g/mol. The largest absolute Gasteiger partial charge is 0.238 e. The standard InChI is InChI=1S/C33H39N5/c1-20-5-6-34-38(20)28-4-2-3-27(13-28)29-35-30(32-14-21-7-22(15-32)9-23(8-21)16-32)37-31(36-29)33-17-24-10-25(18-33)12-26(11-24)19-33/h2-6,13,21-26H,7-12,14-19H2,1H3. The molecule has 8 fully saturated rings. The molecule has 1 aromatic carbocycles. The minimum atomic E-state index is 0.180. The Morgan fingerprint density at radius 3 is 1.61 bits per heavy atom. The van der Waals surface area contributed by atoms with Crippen molar-refractivity contribution in [3.05, 3.63) is 53.9 Å². The van der Waals surface area contributed by atoms with Crippen molar-refractivity contribution >= 4 is 0 Å². The molecule has 8 aliphatic rings. The van der Waals surface area contributed by atoms with Gasteiger partial charge in [0.25, 0.3) is 0 Å². The van der Waals surface area contributed by atoms with Crippen LogP contribution in [0.15, 0.2) is 36.5 Å². The van der Waals surface area contributed by atoms with Crippen molar-refractivity contribution < 1.29 is 0 Å². The fourth-order valence-corrected chi connectivity index (χ4v) is 11.2. The summed E-state index contributed by atoms with van der Waals surface area (Å²) < 4.78 is 2.02. The zero-order valence-electron chi connectivity index (χ0n) is 22.6. The first-order valence-corrected chi connectivity index (χ1v) is 15.4. The third-order valence-electron chi connectivity index (χ3n) is 11.8. The maximum absolute atomic E-state index is 5.59. The Balaban J connectivity index is 1.20. The summed E-state index contributed by atoms with van der Waals surface area (Å²) in [6.45, 7) is 2.11. The molecule has 0 aliphatic heterocycles. The molecule has 196 valence electrons. The van der Waals surface area contributed by atoms with Crippen LogP contribution in [0.25, 0.3) is 17.1 Å². The van der Waals surface area contributed by atoms with E-state index in [0.717, 1.165) is 69.9 Å². The van der Waals surface area contributed by atoms with Crippen molar-refractivity contribution in [1.82, 2.24) is 24.7 Å². The molecule has 0 saturated heterocycles. The van der Waals surface area contributed by atoms with E-state index in [1.807, 2.05) is 10.9 Å². The summed E-state index contributed by atoms with van der Waals surface area (Å²) in [7, 11) is 0. The highest BCUT2D eigenvalue weighted by molar-refractivity contribution is 5.59. The van der Waals surface area contributed by atoms with E-state index in [2.05, 4.69) is 42.4 Å². The molecule has 0 spiro atoms. The second-order valence-electron chi connectivity index (χ2n) is 14.6. The third kappa shape index (κ3) is 3.29. The van der Waals surface area contributed by atoms with Gasteiger partial charge in [-0.15, -0.1) is 0 Å². The molecule has 0 N–H and O–H groups in total. The lowest BCUT2D eigenvalue weighted by Crippen LogP contribution is -2.51. The normalized spacial score (nSPS) is 40.2. The predicted molar refractivity (Wildman–Crippen MR) is 147 cm³/mol. The van der Waals surface area contributed by atoms with Gasteiger partial charge in [-0.3, -0.25) is 0 Å². The summed E-state index contributed by atoms with van der Waals surface area (Å²) in [5.74, 6) is 8.53. The molecular formula is C33H39N5. The molecule has 3 aromatic rings. The number of hydrogen-bond acceptors (Lipinski definition) is 4. The Kier molecular flexibility index (Phi) is 4.55. The van der Waals surface area contributed by atoms with Gasteiger partial charge >= 0.3 is 0 Å². The number of aryl methyl sites for hydroxylation is 1. The third-order valence-corrected chi connectivity index (χ3v) is 11.8. The van der Waals surface area contributed by atoms with Gasteiger partial charge in [0, 0.05) is 28.3 Å². The Morgan fingerprint density at radius 2 is 1.16 bits per heavy atom. The van der Waals surface area contributed by atoms with Crippen LogP contribution in [-0.4, -0.2) is 24.7 Å². The van der Waals surface area contributed by atoms with E-state index in [-0.39, 0.29) is 10.8 Å². The van der Waals surface area contributed by atoms with E-state index in [1.165, 1.54) is 77.0 Å². The average molecular weight is 506 g/mol. The number of hydrogen-bond donors (Lipinski definition) is 0. The van der Waals surface area contributed by atoms with Gasteiger partial charge in [0.05, 0.1) is 5.69 Å². The highest BCUT2D eigenvalue weighted by Crippen LogP contribution is 2.62. The highest BCUT2D eigenvalue weighted by atomic mass is 15.3. The molecule has 5 heteroatoms. The van der Waals surface area contributed by atoms with Crippen LogP contribution >= 0.6 is 0 Å². The second-order valence-corrected chi connectivity index (χ2v) is 14.6. The molecule has 8 aliphatic carbocycles. The monoisotopic (exact) mass is 505 g/mol. The van der Waals surface area contributed by atoms with E-state index in [0.29, 0.717) is 0 Å². The van der Waals surface area contributed by atoms with Crippen molar-refractivity contribution in [2.24, 2.45) is 35.5 Å². The van der Waals surface area contributed by atoms with Crippen molar-refractivity contribution in [3.63, 3.8) is 0 Å². The van der Waals surface area contributed by atoms with Gasteiger partial charge in [-0.1, -0.05) is 12.1 Å². The zero-order valence-corrected chi connectivity index (χ0v) is 22.6. The van der Waals surface area contributed by atoms with Crippen LogP contribution in [0.2, 0.25) is 0 Å². The van der Waals surface area contributed by atoms with Crippen LogP contribution in [-0.2, 0) is 10.8 Å². The van der Waals surface area contributed by atoms with Crippen molar-refractivity contribution in [2.45, 2.75) is 94.8 Å². The highest BCUT2D eigenvalue weighted by Gasteiger charge is 2.56. The van der Waals surface area contributed by atoms with E-state index in [4.69, 9.17) is 15.0 Å². The fraction of sp³-hybridized carbons (Fsp3) is 0.636. The molecule has 0 amide bonds. The summed E-state index contributed by atoms with van der Waals surface area (Å²) in [6.07, 6.45) is 18.4. The first-order valence-electron chi connectivity index (χ1n) is 15.4. The Labute approximate surface area is 225 Å². The van der Waals surface area contributed by atoms with Crippen LogP contribution in [0.3, 0.4) is 0 Å². The van der Waals surface area contributed by atoms with Gasteiger partial charge in [0.15, 0.2) is 5.82 Å². The molecule has 0 radical (unpaired) electrons. The van der Waals surface area contributed by atoms with Gasteiger partial charge in [-0.05, 0) is 138 Å².